The number of nitrogens with two attached hydrogens (primary N) is 1. The van der Waals surface area contributed by atoms with E-state index in [0.29, 0.717) is 28.0 Å². The third-order valence-corrected chi connectivity index (χ3v) is 11.5. The molecule has 5 aromatic heterocycles. The number of carbonyl (C=O) groups excluding carboxylic acids is 7. The Morgan fingerprint density at radius 1 is 0.575 bits per heavy atom. The number of rotatable bonds is 8. The molecule has 0 bridgehead atoms. The Morgan fingerprint density at radius 3 is 1.66 bits per heavy atom. The van der Waals surface area contributed by atoms with E-state index in [0.717, 1.165) is 54.8 Å². The van der Waals surface area contributed by atoms with E-state index >= 15 is 0 Å². The maximum atomic E-state index is 12.5. The molecule has 0 atom stereocenters. The van der Waals surface area contributed by atoms with Gasteiger partial charge in [-0.05, 0) is 42.5 Å². The first kappa shape index (κ1) is 51.5. The van der Waals surface area contributed by atoms with Gasteiger partial charge in [-0.25, -0.2) is 14.8 Å². The SMILES string of the molecule is COC(=O)C(=O)c1c[nH]c2ccccc12.COC1=C(c2c[nH]c3ccccc23)C(=O)NC1=O.I.NC(=O)Cn1cnc2ccccc21.O=C1NC(=O)C(n2cnc3ccccc32)=C1c1c[nH]c2ccccc12.[B]. The molecule has 363 valence electrons. The number of ketones is 1. The summed E-state index contributed by atoms with van der Waals surface area (Å²) >= 11 is 0. The lowest BCUT2D eigenvalue weighted by molar-refractivity contribution is -0.135. The number of primary amides is 1. The van der Waals surface area contributed by atoms with Crippen LogP contribution in [-0.2, 0) is 44.8 Å². The van der Waals surface area contributed by atoms with Crippen molar-refractivity contribution < 1.29 is 43.0 Å². The lowest BCUT2D eigenvalue weighted by atomic mass is 10.0. The van der Waals surface area contributed by atoms with Gasteiger partial charge in [-0.15, -0.1) is 24.0 Å². The predicted octanol–water partition coefficient (Wildman–Crippen LogP) is 6.01. The summed E-state index contributed by atoms with van der Waals surface area (Å²) in [5, 5.41) is 7.14. The summed E-state index contributed by atoms with van der Waals surface area (Å²) in [6.07, 6.45) is 8.18. The normalized spacial score (nSPS) is 12.8. The van der Waals surface area contributed by atoms with E-state index in [-0.39, 0.29) is 56.2 Å². The average Bonchev–Trinajstić information content (AvgIpc) is 4.27. The number of aromatic nitrogens is 7. The predicted molar refractivity (Wildman–Crippen MR) is 284 cm³/mol. The molecule has 0 saturated carbocycles. The van der Waals surface area contributed by atoms with Crippen molar-refractivity contribution in [1.29, 1.82) is 0 Å². The van der Waals surface area contributed by atoms with Crippen LogP contribution >= 0.6 is 24.0 Å². The van der Waals surface area contributed by atoms with Gasteiger partial charge in [0, 0.05) is 70.8 Å². The zero-order chi connectivity index (χ0) is 49.8. The number of carbonyl (C=O) groups is 7. The van der Waals surface area contributed by atoms with Gasteiger partial charge in [0.15, 0.2) is 5.76 Å². The molecule has 0 spiro atoms. The first-order valence-electron chi connectivity index (χ1n) is 21.6. The molecule has 3 radical (unpaired) electrons. The monoisotopic (exact) mass is 1090 g/mol. The van der Waals surface area contributed by atoms with E-state index in [9.17, 15) is 33.6 Å². The molecule has 5 amide bonds. The Balaban J connectivity index is 0.000000146. The van der Waals surface area contributed by atoms with E-state index in [1.54, 1.807) is 40.2 Å². The molecule has 2 aliphatic heterocycles. The van der Waals surface area contributed by atoms with Crippen molar-refractivity contribution in [2.45, 2.75) is 6.54 Å². The van der Waals surface area contributed by atoms with Crippen LogP contribution in [0.3, 0.4) is 0 Å². The summed E-state index contributed by atoms with van der Waals surface area (Å²) < 4.78 is 12.8. The van der Waals surface area contributed by atoms with Crippen molar-refractivity contribution >= 4 is 145 Å². The second-order valence-electron chi connectivity index (χ2n) is 15.7. The fourth-order valence-corrected chi connectivity index (χ4v) is 8.26. The van der Waals surface area contributed by atoms with Crippen LogP contribution in [0, 0.1) is 0 Å². The molecule has 5 aromatic carbocycles. The molecule has 12 rings (SSSR count). The van der Waals surface area contributed by atoms with E-state index in [1.807, 2.05) is 115 Å². The standard InChI is InChI=1S/C19H12N4O2.C13H10N2O3.C11H9NO3.C9H9N3O.B.HI/c24-18-16(12-9-20-13-6-2-1-5-11(12)13)17(19(25)22-18)23-10-21-14-7-3-4-8-15(14)23;1-18-11-10(12(16)15-13(11)17)8-6-14-9-5-3-2-4-7(8)9;1-15-11(14)10(13)8-6-12-9-5-3-2-4-7(8)9;10-9(13)5-12-6-11-7-3-1-2-4-8(7)12;;/h1-10,20H,(H,22,24,25);2-6,14H,1H3,(H,15,16,17);2-6,12H,1H3;1-4,6H,5H2,(H2,10,13);;1H. The topological polar surface area (TPSA) is 271 Å². The van der Waals surface area contributed by atoms with Crippen LogP contribution in [0.2, 0.25) is 0 Å². The number of nitrogens with one attached hydrogen (secondary N) is 5. The number of imide groups is 2. The van der Waals surface area contributed by atoms with Crippen molar-refractivity contribution in [2.75, 3.05) is 14.2 Å². The van der Waals surface area contributed by atoms with Crippen LogP contribution in [0.25, 0.3) is 71.6 Å². The molecular weight excluding hydrogens is 1050 g/mol. The first-order valence-corrected chi connectivity index (χ1v) is 21.6. The summed E-state index contributed by atoms with van der Waals surface area (Å²) in [5.74, 6) is -3.53. The van der Waals surface area contributed by atoms with Gasteiger partial charge in [0.25, 0.3) is 29.4 Å². The number of methoxy groups -OCH3 is 2. The average molecular weight is 1090 g/mol. The molecule has 2 aliphatic rings. The lowest BCUT2D eigenvalue weighted by Gasteiger charge is -2.06. The summed E-state index contributed by atoms with van der Waals surface area (Å²) in [7, 11) is 2.57. The van der Waals surface area contributed by atoms with E-state index in [1.165, 1.54) is 20.4 Å². The van der Waals surface area contributed by atoms with Gasteiger partial charge in [0.1, 0.15) is 18.6 Å². The number of H-pyrrole nitrogens is 3. The number of para-hydroxylation sites is 7. The number of ether oxygens (including phenoxy) is 2. The largest absolute Gasteiger partial charge is 0.490 e. The summed E-state index contributed by atoms with van der Waals surface area (Å²) in [6.45, 7) is 0.181. The molecular formula is C52H41BIN10O9. The number of Topliss-reactive ketones (excluding diaryl/α,β-unsaturated/α-hetero) is 1. The van der Waals surface area contributed by atoms with Crippen LogP contribution in [0.4, 0.5) is 0 Å². The van der Waals surface area contributed by atoms with Crippen molar-refractivity contribution in [3.63, 3.8) is 0 Å². The minimum atomic E-state index is -0.847. The second kappa shape index (κ2) is 22.1. The Kier molecular flexibility index (Phi) is 15.6. The molecule has 0 fully saturated rings. The molecule has 73 heavy (non-hydrogen) atoms. The summed E-state index contributed by atoms with van der Waals surface area (Å²) in [6, 6.07) is 37.6. The molecule has 7 N–H and O–H groups in total. The molecule has 0 saturated heterocycles. The molecule has 19 nitrogen and oxygen atoms in total. The number of halogens is 1. The smallest absolute Gasteiger partial charge is 0.379 e. The Labute approximate surface area is 432 Å². The molecule has 21 heteroatoms. The fraction of sp³-hybridized carbons (Fsp3) is 0.0577. The minimum Gasteiger partial charge on any atom is -0.490 e. The lowest BCUT2D eigenvalue weighted by Crippen LogP contribution is -2.23. The molecule has 10 aromatic rings. The van der Waals surface area contributed by atoms with Gasteiger partial charge in [-0.1, -0.05) is 78.9 Å². The van der Waals surface area contributed by atoms with Gasteiger partial charge in [0.05, 0.1) is 59.3 Å². The Bertz CT molecular complexity index is 3770. The van der Waals surface area contributed by atoms with Gasteiger partial charge in [-0.2, -0.15) is 0 Å². The van der Waals surface area contributed by atoms with Crippen molar-refractivity contribution in [1.82, 2.24) is 44.7 Å². The zero-order valence-corrected chi connectivity index (χ0v) is 41.0. The van der Waals surface area contributed by atoms with Gasteiger partial charge in [-0.3, -0.25) is 44.0 Å². The van der Waals surface area contributed by atoms with Crippen molar-refractivity contribution in [3.8, 4) is 0 Å². The van der Waals surface area contributed by atoms with Crippen LogP contribution < -0.4 is 16.4 Å². The number of hydrogen-bond acceptors (Lipinski definition) is 11. The van der Waals surface area contributed by atoms with Crippen LogP contribution in [0.5, 0.6) is 0 Å². The summed E-state index contributed by atoms with van der Waals surface area (Å²) in [4.78, 5) is 99.3. The minimum absolute atomic E-state index is 0. The maximum Gasteiger partial charge on any atom is 0.379 e. The number of aromatic amines is 3. The molecule has 0 aliphatic carbocycles. The highest BCUT2D eigenvalue weighted by Gasteiger charge is 2.35. The second-order valence-corrected chi connectivity index (χ2v) is 15.7. The highest BCUT2D eigenvalue weighted by Crippen LogP contribution is 2.34. The highest BCUT2D eigenvalue weighted by molar-refractivity contribution is 14.0. The third-order valence-electron chi connectivity index (χ3n) is 11.5. The number of imidazole rings is 2. The Hall–Kier alpha value is -9.38. The third kappa shape index (κ3) is 10.1. The Morgan fingerprint density at radius 2 is 1.05 bits per heavy atom. The van der Waals surface area contributed by atoms with Gasteiger partial charge in [0.2, 0.25) is 5.91 Å². The number of benzene rings is 5. The molecule has 7 heterocycles. The first-order chi connectivity index (χ1) is 34.5. The van der Waals surface area contributed by atoms with Gasteiger partial charge >= 0.3 is 5.97 Å². The number of fused-ring (bicyclic) bond motifs is 5. The van der Waals surface area contributed by atoms with Crippen LogP contribution in [-0.4, -0.2) is 98.0 Å². The van der Waals surface area contributed by atoms with Gasteiger partial charge < -0.3 is 34.7 Å². The van der Waals surface area contributed by atoms with Crippen molar-refractivity contribution in [2.24, 2.45) is 5.73 Å². The maximum absolute atomic E-state index is 12.5. The number of nitrogens with zero attached hydrogens (tertiary/aromatic N) is 4. The highest BCUT2D eigenvalue weighted by atomic mass is 127. The zero-order valence-electron chi connectivity index (χ0n) is 38.7. The van der Waals surface area contributed by atoms with Crippen molar-refractivity contribution in [3.05, 3.63) is 175 Å². The van der Waals surface area contributed by atoms with Crippen LogP contribution in [0.15, 0.2) is 158 Å². The van der Waals surface area contributed by atoms with E-state index < -0.39 is 35.4 Å². The number of hydrogen-bond donors (Lipinski definition) is 6. The fourth-order valence-electron chi connectivity index (χ4n) is 8.26. The number of esters is 1. The molecule has 0 unspecified atom stereocenters. The van der Waals surface area contributed by atoms with E-state index in [2.05, 4.69) is 40.3 Å². The quantitative estimate of drug-likeness (QED) is 0.0256. The summed E-state index contributed by atoms with van der Waals surface area (Å²) in [5.41, 5.74) is 13.7. The number of amides is 5. The van der Waals surface area contributed by atoms with E-state index in [4.69, 9.17) is 10.5 Å². The van der Waals surface area contributed by atoms with Crippen LogP contribution in [0.1, 0.15) is 21.5 Å².